The van der Waals surface area contributed by atoms with Gasteiger partial charge < -0.3 is 28.4 Å². The van der Waals surface area contributed by atoms with Crippen molar-refractivity contribution in [2.45, 2.75) is 52.7 Å². The van der Waals surface area contributed by atoms with E-state index in [1.54, 1.807) is 26.0 Å². The van der Waals surface area contributed by atoms with Crippen LogP contribution in [-0.4, -0.2) is 63.8 Å². The highest BCUT2D eigenvalue weighted by Gasteiger charge is 2.22. The third kappa shape index (κ3) is 10.3. The van der Waals surface area contributed by atoms with Crippen molar-refractivity contribution in [3.63, 3.8) is 0 Å². The van der Waals surface area contributed by atoms with Gasteiger partial charge in [0.25, 0.3) is 0 Å². The minimum Gasteiger partial charge on any atom is -0.488 e. The van der Waals surface area contributed by atoms with E-state index < -0.39 is 12.2 Å². The molecular weight excluding hydrogens is 572 g/mol. The smallest absolute Gasteiger partial charge is 0.305 e. The maximum Gasteiger partial charge on any atom is 0.305 e. The molecule has 0 N–H and O–H groups in total. The lowest BCUT2D eigenvalue weighted by Crippen LogP contribution is -2.30. The first-order valence-electron chi connectivity index (χ1n) is 14.4. The van der Waals surface area contributed by atoms with E-state index >= 15 is 0 Å². The summed E-state index contributed by atoms with van der Waals surface area (Å²) in [4.78, 5) is 24.3. The van der Waals surface area contributed by atoms with E-state index in [9.17, 15) is 9.59 Å². The molecule has 0 radical (unpaired) electrons. The quantitative estimate of drug-likeness (QED) is 0.0844. The maximum atomic E-state index is 12.1. The second kappa shape index (κ2) is 16.9. The highest BCUT2D eigenvalue weighted by molar-refractivity contribution is 6.31. The zero-order valence-corrected chi connectivity index (χ0v) is 26.2. The largest absolute Gasteiger partial charge is 0.488 e. The van der Waals surface area contributed by atoms with E-state index in [1.165, 1.54) is 0 Å². The van der Waals surface area contributed by atoms with E-state index in [-0.39, 0.29) is 51.2 Å². The molecule has 2 unspecified atom stereocenters. The summed E-state index contributed by atoms with van der Waals surface area (Å²) < 4.78 is 35.3. The molecule has 43 heavy (non-hydrogen) atoms. The summed E-state index contributed by atoms with van der Waals surface area (Å²) in [6, 6.07) is 13.1. The van der Waals surface area contributed by atoms with Crippen molar-refractivity contribution in [1.29, 1.82) is 0 Å². The number of rotatable bonds is 18. The maximum absolute atomic E-state index is 12.1. The molecule has 0 aliphatic carbocycles. The van der Waals surface area contributed by atoms with Gasteiger partial charge in [-0.1, -0.05) is 74.0 Å². The Morgan fingerprint density at radius 2 is 1.14 bits per heavy atom. The Labute approximate surface area is 258 Å². The number of ether oxygens (including phenoxy) is 6. The molecule has 3 rings (SSSR count). The van der Waals surface area contributed by atoms with Crippen molar-refractivity contribution in [1.82, 2.24) is 0 Å². The number of carbonyl (C=O) groups excluding carboxylic acids is 2. The van der Waals surface area contributed by atoms with E-state index in [0.717, 1.165) is 27.3 Å². The monoisotopic (exact) mass is 612 g/mol. The van der Waals surface area contributed by atoms with Crippen LogP contribution in [0.4, 0.5) is 0 Å². The van der Waals surface area contributed by atoms with Crippen LogP contribution in [0.3, 0.4) is 0 Å². The van der Waals surface area contributed by atoms with Crippen molar-refractivity contribution >= 4 is 45.1 Å². The minimum absolute atomic E-state index is 0.0584. The predicted molar refractivity (Wildman–Crippen MR) is 169 cm³/mol. The Morgan fingerprint density at radius 1 is 0.698 bits per heavy atom. The SMILES string of the molecule is C=C(C)COCC(COc1c2ccccc2c(OCC(COCC(=C)C)OC(=O)CC)c2cc(Cl)ccc12)OC(=O)CC. The first kappa shape index (κ1) is 33.9. The van der Waals surface area contributed by atoms with Gasteiger partial charge in [-0.15, -0.1) is 0 Å². The topological polar surface area (TPSA) is 89.5 Å². The van der Waals surface area contributed by atoms with Crippen molar-refractivity contribution < 1.29 is 38.0 Å². The number of benzene rings is 3. The Hall–Kier alpha value is -3.59. The Bertz CT molecular complexity index is 1430. The van der Waals surface area contributed by atoms with Crippen LogP contribution in [0.5, 0.6) is 11.5 Å². The van der Waals surface area contributed by atoms with Gasteiger partial charge in [-0.05, 0) is 32.0 Å². The van der Waals surface area contributed by atoms with E-state index in [0.29, 0.717) is 35.1 Å². The van der Waals surface area contributed by atoms with Crippen LogP contribution in [-0.2, 0) is 28.5 Å². The van der Waals surface area contributed by atoms with Crippen LogP contribution in [0.2, 0.25) is 5.02 Å². The third-order valence-corrected chi connectivity index (χ3v) is 6.43. The molecule has 0 spiro atoms. The predicted octanol–water partition coefficient (Wildman–Crippen LogP) is 7.23. The molecule has 0 amide bonds. The number of halogens is 1. The van der Waals surface area contributed by atoms with Crippen molar-refractivity contribution in [2.75, 3.05) is 39.6 Å². The molecular formula is C34H41ClO8. The van der Waals surface area contributed by atoms with Gasteiger partial charge in [-0.2, -0.15) is 0 Å². The summed E-state index contributed by atoms with van der Waals surface area (Å²) in [6.45, 7) is 16.0. The molecule has 8 nitrogen and oxygen atoms in total. The second-order valence-corrected chi connectivity index (χ2v) is 10.8. The Morgan fingerprint density at radius 3 is 1.58 bits per heavy atom. The molecule has 0 heterocycles. The van der Waals surface area contributed by atoms with Crippen LogP contribution >= 0.6 is 11.6 Å². The Kier molecular flexibility index (Phi) is 13.3. The molecule has 232 valence electrons. The number of hydrogen-bond donors (Lipinski definition) is 0. The zero-order valence-electron chi connectivity index (χ0n) is 25.4. The highest BCUT2D eigenvalue weighted by atomic mass is 35.5. The molecule has 0 aromatic heterocycles. The average molecular weight is 613 g/mol. The summed E-state index contributed by atoms with van der Waals surface area (Å²) in [5.41, 5.74) is 1.72. The standard InChI is InChI=1S/C34H41ClO8/c1-7-31(36)42-25(18-38-16-22(3)4)20-40-33-27-11-9-10-12-28(27)34(30-15-24(35)13-14-29(30)33)41-21-26(43-32(37)8-2)19-39-17-23(5)6/h9-15,25-26H,3,5,7-8,16-21H2,1-2,4,6H3. The second-order valence-electron chi connectivity index (χ2n) is 10.4. The Balaban J connectivity index is 1.97. The molecule has 3 aromatic carbocycles. The van der Waals surface area contributed by atoms with Crippen LogP contribution in [0, 0.1) is 0 Å². The van der Waals surface area contributed by atoms with Crippen LogP contribution in [0.15, 0.2) is 66.8 Å². The molecule has 0 fully saturated rings. The minimum atomic E-state index is -0.635. The first-order chi connectivity index (χ1) is 20.6. The van der Waals surface area contributed by atoms with Gasteiger partial charge in [0, 0.05) is 39.4 Å². The van der Waals surface area contributed by atoms with Crippen LogP contribution in [0.25, 0.3) is 21.5 Å². The van der Waals surface area contributed by atoms with E-state index in [4.69, 9.17) is 40.0 Å². The van der Waals surface area contributed by atoms with Crippen molar-refractivity contribution in [3.8, 4) is 11.5 Å². The zero-order chi connectivity index (χ0) is 31.4. The third-order valence-electron chi connectivity index (χ3n) is 6.19. The van der Waals surface area contributed by atoms with Crippen LogP contribution in [0.1, 0.15) is 40.5 Å². The van der Waals surface area contributed by atoms with Gasteiger partial charge >= 0.3 is 11.9 Å². The normalized spacial score (nSPS) is 12.5. The number of hydrogen-bond acceptors (Lipinski definition) is 8. The molecule has 0 saturated carbocycles. The van der Waals surface area contributed by atoms with Gasteiger partial charge in [-0.25, -0.2) is 0 Å². The number of carbonyl (C=O) groups is 2. The summed E-state index contributed by atoms with van der Waals surface area (Å²) in [5, 5.41) is 3.54. The van der Waals surface area contributed by atoms with Gasteiger partial charge in [0.1, 0.15) is 24.7 Å². The lowest BCUT2D eigenvalue weighted by Gasteiger charge is -2.23. The molecule has 2 atom stereocenters. The van der Waals surface area contributed by atoms with Gasteiger partial charge in [0.2, 0.25) is 0 Å². The molecule has 0 aliphatic rings. The van der Waals surface area contributed by atoms with Gasteiger partial charge in [0.15, 0.2) is 12.2 Å². The average Bonchev–Trinajstić information content (AvgIpc) is 2.97. The summed E-state index contributed by atoms with van der Waals surface area (Å²) in [7, 11) is 0. The van der Waals surface area contributed by atoms with Crippen molar-refractivity contribution in [3.05, 3.63) is 71.8 Å². The summed E-state index contributed by atoms with van der Waals surface area (Å²) in [6.07, 6.45) is -0.793. The number of fused-ring (bicyclic) bond motifs is 2. The summed E-state index contributed by atoms with van der Waals surface area (Å²) in [5.74, 6) is 0.463. The molecule has 0 aliphatic heterocycles. The lowest BCUT2D eigenvalue weighted by molar-refractivity contribution is -0.154. The fraction of sp³-hybridized carbons (Fsp3) is 0.412. The summed E-state index contributed by atoms with van der Waals surface area (Å²) >= 11 is 6.45. The number of esters is 2. The fourth-order valence-electron chi connectivity index (χ4n) is 4.24. The molecule has 3 aromatic rings. The molecule has 0 bridgehead atoms. The lowest BCUT2D eigenvalue weighted by atomic mass is 10.0. The van der Waals surface area contributed by atoms with Gasteiger partial charge in [-0.3, -0.25) is 9.59 Å². The van der Waals surface area contributed by atoms with E-state index in [1.807, 2.05) is 44.2 Å². The fourth-order valence-corrected chi connectivity index (χ4v) is 4.41. The molecule has 0 saturated heterocycles. The van der Waals surface area contributed by atoms with Gasteiger partial charge in [0.05, 0.1) is 26.4 Å². The van der Waals surface area contributed by atoms with Crippen LogP contribution < -0.4 is 9.47 Å². The molecule has 9 heteroatoms. The highest BCUT2D eigenvalue weighted by Crippen LogP contribution is 2.43. The first-order valence-corrected chi connectivity index (χ1v) is 14.7. The van der Waals surface area contributed by atoms with E-state index in [2.05, 4.69) is 13.2 Å². The van der Waals surface area contributed by atoms with Crippen molar-refractivity contribution in [2.24, 2.45) is 0 Å².